The van der Waals surface area contributed by atoms with E-state index in [1.54, 1.807) is 19.1 Å². The lowest BCUT2D eigenvalue weighted by molar-refractivity contribution is -0.145. The molecule has 0 radical (unpaired) electrons. The molecule has 106 valence electrons. The molecule has 0 amide bonds. The summed E-state index contributed by atoms with van der Waals surface area (Å²) >= 11 is 6.04. The number of benzene rings is 1. The van der Waals surface area contributed by atoms with Gasteiger partial charge in [0.05, 0.1) is 24.8 Å². The Hall–Kier alpha value is -1.46. The first-order valence-electron chi connectivity index (χ1n) is 5.96. The summed E-state index contributed by atoms with van der Waals surface area (Å²) in [5.41, 5.74) is 0.608. The third kappa shape index (κ3) is 4.61. The summed E-state index contributed by atoms with van der Waals surface area (Å²) in [4.78, 5) is 11.2. The van der Waals surface area contributed by atoms with E-state index in [0.29, 0.717) is 17.9 Å². The molecule has 0 aliphatic heterocycles. The van der Waals surface area contributed by atoms with Crippen LogP contribution < -0.4 is 9.47 Å². The molecule has 0 aliphatic carbocycles. The number of halogens is 1. The van der Waals surface area contributed by atoms with Gasteiger partial charge in [-0.05, 0) is 31.5 Å². The van der Waals surface area contributed by atoms with E-state index in [4.69, 9.17) is 30.9 Å². The van der Waals surface area contributed by atoms with E-state index in [-0.39, 0.29) is 30.6 Å². The van der Waals surface area contributed by atoms with Crippen molar-refractivity contribution in [3.05, 3.63) is 22.7 Å². The maximum Gasteiger partial charge on any atom is 0.344 e. The second-order valence-electron chi connectivity index (χ2n) is 3.59. The number of hydrogen-bond donors (Lipinski definition) is 1. The first-order chi connectivity index (χ1) is 9.12. The van der Waals surface area contributed by atoms with Crippen molar-refractivity contribution in [2.24, 2.45) is 0 Å². The number of ether oxygens (including phenoxy) is 3. The molecule has 6 heteroatoms. The Morgan fingerprint density at radius 1 is 1.26 bits per heavy atom. The minimum absolute atomic E-state index is 0.155. The van der Waals surface area contributed by atoms with Crippen LogP contribution >= 0.6 is 11.6 Å². The first-order valence-corrected chi connectivity index (χ1v) is 6.34. The van der Waals surface area contributed by atoms with E-state index in [1.165, 1.54) is 0 Å². The highest BCUT2D eigenvalue weighted by molar-refractivity contribution is 6.32. The lowest BCUT2D eigenvalue weighted by atomic mass is 10.2. The summed E-state index contributed by atoms with van der Waals surface area (Å²) in [7, 11) is 0. The van der Waals surface area contributed by atoms with Crippen molar-refractivity contribution in [1.82, 2.24) is 0 Å². The van der Waals surface area contributed by atoms with Crippen LogP contribution in [0.25, 0.3) is 0 Å². The molecule has 5 nitrogen and oxygen atoms in total. The molecule has 0 atom stereocenters. The van der Waals surface area contributed by atoms with Gasteiger partial charge in [-0.1, -0.05) is 11.6 Å². The third-order valence-corrected chi connectivity index (χ3v) is 2.47. The van der Waals surface area contributed by atoms with Crippen LogP contribution in [0.5, 0.6) is 11.5 Å². The molecule has 0 heterocycles. The van der Waals surface area contributed by atoms with Gasteiger partial charge >= 0.3 is 5.97 Å². The average molecular weight is 289 g/mol. The Morgan fingerprint density at radius 3 is 2.58 bits per heavy atom. The molecular weight excluding hydrogens is 272 g/mol. The fraction of sp³-hybridized carbons (Fsp3) is 0.462. The summed E-state index contributed by atoms with van der Waals surface area (Å²) in [6.07, 6.45) is 0. The SMILES string of the molecule is CCOC(=O)COc1c(Cl)cc(CO)cc1OCC. The highest BCUT2D eigenvalue weighted by Gasteiger charge is 2.14. The summed E-state index contributed by atoms with van der Waals surface area (Å²) < 4.78 is 15.5. The Kier molecular flexibility index (Phi) is 6.45. The van der Waals surface area contributed by atoms with E-state index < -0.39 is 5.97 Å². The van der Waals surface area contributed by atoms with E-state index in [0.717, 1.165) is 0 Å². The van der Waals surface area contributed by atoms with E-state index in [9.17, 15) is 4.79 Å². The molecule has 0 fully saturated rings. The zero-order valence-corrected chi connectivity index (χ0v) is 11.7. The van der Waals surface area contributed by atoms with Crippen LogP contribution in [0.3, 0.4) is 0 Å². The van der Waals surface area contributed by atoms with Gasteiger partial charge in [-0.25, -0.2) is 4.79 Å². The number of aliphatic hydroxyl groups is 1. The summed E-state index contributed by atoms with van der Waals surface area (Å²) in [6.45, 7) is 3.84. The minimum Gasteiger partial charge on any atom is -0.490 e. The van der Waals surface area contributed by atoms with Gasteiger partial charge in [-0.2, -0.15) is 0 Å². The maximum absolute atomic E-state index is 11.2. The molecule has 0 bridgehead atoms. The van der Waals surface area contributed by atoms with Crippen molar-refractivity contribution in [1.29, 1.82) is 0 Å². The van der Waals surface area contributed by atoms with Gasteiger partial charge in [0.2, 0.25) is 0 Å². The lowest BCUT2D eigenvalue weighted by Crippen LogP contribution is -2.15. The van der Waals surface area contributed by atoms with Gasteiger partial charge < -0.3 is 19.3 Å². The molecule has 0 spiro atoms. The number of hydrogen-bond acceptors (Lipinski definition) is 5. The molecule has 0 unspecified atom stereocenters. The molecule has 1 rings (SSSR count). The van der Waals surface area contributed by atoms with Crippen molar-refractivity contribution in [2.75, 3.05) is 19.8 Å². The summed E-state index contributed by atoms with van der Waals surface area (Å²) in [5.74, 6) is 0.185. The Bertz CT molecular complexity index is 433. The van der Waals surface area contributed by atoms with Gasteiger partial charge in [0.1, 0.15) is 0 Å². The number of esters is 1. The Labute approximate surface area is 117 Å². The van der Waals surface area contributed by atoms with Crippen LogP contribution in [-0.4, -0.2) is 30.9 Å². The smallest absolute Gasteiger partial charge is 0.344 e. The van der Waals surface area contributed by atoms with Crippen LogP contribution in [0, 0.1) is 0 Å². The van der Waals surface area contributed by atoms with Crippen molar-refractivity contribution < 1.29 is 24.1 Å². The molecule has 1 N–H and O–H groups in total. The van der Waals surface area contributed by atoms with Gasteiger partial charge in [-0.3, -0.25) is 0 Å². The third-order valence-electron chi connectivity index (χ3n) is 2.19. The molecule has 1 aromatic carbocycles. The van der Waals surface area contributed by atoms with Crippen molar-refractivity contribution >= 4 is 17.6 Å². The van der Waals surface area contributed by atoms with Crippen LogP contribution in [-0.2, 0) is 16.1 Å². The zero-order chi connectivity index (χ0) is 14.3. The number of carbonyl (C=O) groups excluding carboxylic acids is 1. The Morgan fingerprint density at radius 2 is 2.00 bits per heavy atom. The molecule has 19 heavy (non-hydrogen) atoms. The normalized spacial score (nSPS) is 10.1. The van der Waals surface area contributed by atoms with Crippen LogP contribution in [0.15, 0.2) is 12.1 Å². The molecule has 0 saturated heterocycles. The van der Waals surface area contributed by atoms with Crippen molar-refractivity contribution in [3.8, 4) is 11.5 Å². The van der Waals surface area contributed by atoms with Crippen molar-refractivity contribution in [3.63, 3.8) is 0 Å². The van der Waals surface area contributed by atoms with Crippen LogP contribution in [0.1, 0.15) is 19.4 Å². The highest BCUT2D eigenvalue weighted by Crippen LogP contribution is 2.36. The predicted octanol–water partition coefficient (Wildman–Crippen LogP) is 2.17. The molecule has 0 aliphatic rings. The number of aliphatic hydroxyl groups excluding tert-OH is 1. The topological polar surface area (TPSA) is 65.0 Å². The van der Waals surface area contributed by atoms with Crippen LogP contribution in [0.4, 0.5) is 0 Å². The van der Waals surface area contributed by atoms with Gasteiger partial charge in [-0.15, -0.1) is 0 Å². The fourth-order valence-electron chi connectivity index (χ4n) is 1.45. The van der Waals surface area contributed by atoms with Gasteiger partial charge in [0.25, 0.3) is 0 Å². The maximum atomic E-state index is 11.2. The van der Waals surface area contributed by atoms with Gasteiger partial charge in [0.15, 0.2) is 18.1 Å². The molecule has 0 aromatic heterocycles. The predicted molar refractivity (Wildman–Crippen MR) is 70.7 cm³/mol. The Balaban J connectivity index is 2.88. The molecule has 0 saturated carbocycles. The average Bonchev–Trinajstić information content (AvgIpc) is 2.38. The summed E-state index contributed by atoms with van der Waals surface area (Å²) in [6, 6.07) is 3.18. The zero-order valence-electron chi connectivity index (χ0n) is 10.9. The first kappa shape index (κ1) is 15.6. The summed E-state index contributed by atoms with van der Waals surface area (Å²) in [5, 5.41) is 9.38. The molecular formula is C13H17ClO5. The quantitative estimate of drug-likeness (QED) is 0.779. The number of carbonyl (C=O) groups is 1. The van der Waals surface area contributed by atoms with Crippen LogP contribution in [0.2, 0.25) is 5.02 Å². The largest absolute Gasteiger partial charge is 0.490 e. The monoisotopic (exact) mass is 288 g/mol. The highest BCUT2D eigenvalue weighted by atomic mass is 35.5. The van der Waals surface area contributed by atoms with E-state index in [1.807, 2.05) is 6.92 Å². The number of rotatable bonds is 7. The van der Waals surface area contributed by atoms with Gasteiger partial charge in [0, 0.05) is 0 Å². The second-order valence-corrected chi connectivity index (χ2v) is 4.00. The van der Waals surface area contributed by atoms with Crippen molar-refractivity contribution in [2.45, 2.75) is 20.5 Å². The van der Waals surface area contributed by atoms with E-state index in [2.05, 4.69) is 0 Å². The lowest BCUT2D eigenvalue weighted by Gasteiger charge is -2.14. The standard InChI is InChI=1S/C13H17ClO5/c1-3-17-11-6-9(7-15)5-10(14)13(11)19-8-12(16)18-4-2/h5-6,15H,3-4,7-8H2,1-2H3. The molecule has 1 aromatic rings. The second kappa shape index (κ2) is 7.86. The fourth-order valence-corrected chi connectivity index (χ4v) is 1.74. The van der Waals surface area contributed by atoms with E-state index >= 15 is 0 Å². The minimum atomic E-state index is -0.479.